The molecule has 2 aromatic rings. The third-order valence-electron chi connectivity index (χ3n) is 3.46. The van der Waals surface area contributed by atoms with Crippen molar-refractivity contribution in [3.05, 3.63) is 48.3 Å². The van der Waals surface area contributed by atoms with Gasteiger partial charge in [-0.25, -0.2) is 10.2 Å². The molecule has 1 N–H and O–H groups in total. The van der Waals surface area contributed by atoms with Crippen LogP contribution in [-0.4, -0.2) is 21.8 Å². The predicted octanol–water partition coefficient (Wildman–Crippen LogP) is 2.48. The quantitative estimate of drug-likeness (QED) is 0.869. The molecule has 0 aliphatic heterocycles. The number of hydrogen-bond donors (Lipinski definition) is 1. The Bertz CT molecular complexity index is 574. The molecule has 1 saturated carbocycles. The average Bonchev–Trinajstić information content (AvgIpc) is 3.17. The number of hydrogen-bond acceptors (Lipinski definition) is 3. The number of nitrogens with zero attached hydrogens (tertiary/aromatic N) is 2. The molecule has 104 valence electrons. The molecule has 3 rings (SSSR count). The van der Waals surface area contributed by atoms with Crippen molar-refractivity contribution in [3.8, 4) is 5.69 Å². The molecule has 20 heavy (non-hydrogen) atoms. The van der Waals surface area contributed by atoms with Crippen LogP contribution in [0.25, 0.3) is 5.69 Å². The lowest BCUT2D eigenvalue weighted by Crippen LogP contribution is -2.28. The molecule has 5 nitrogen and oxygen atoms in total. The minimum Gasteiger partial charge on any atom is -0.270 e. The second-order valence-electron chi connectivity index (χ2n) is 4.94. The number of para-hydroxylation sites is 1. The van der Waals surface area contributed by atoms with Gasteiger partial charge in [-0.3, -0.25) is 9.63 Å². The molecule has 0 bridgehead atoms. The lowest BCUT2D eigenvalue weighted by Gasteiger charge is -2.10. The van der Waals surface area contributed by atoms with Crippen molar-refractivity contribution in [3.63, 3.8) is 0 Å². The molecule has 0 spiro atoms. The van der Waals surface area contributed by atoms with Gasteiger partial charge in [-0.05, 0) is 31.0 Å². The lowest BCUT2D eigenvalue weighted by atomic mass is 10.3. The zero-order valence-electron chi connectivity index (χ0n) is 11.2. The maximum absolute atomic E-state index is 11.9. The first kappa shape index (κ1) is 12.9. The Hall–Kier alpha value is -2.14. The highest BCUT2D eigenvalue weighted by molar-refractivity contribution is 5.91. The standard InChI is InChI=1S/C15H17N3O2/c19-15(17-20-13-8-4-5-9-13)14-10-11-18(16-14)12-6-2-1-3-7-12/h1-3,6-7,10-11,13H,4-5,8-9H2,(H,17,19). The molecule has 1 amide bonds. The van der Waals surface area contributed by atoms with Gasteiger partial charge in [0.15, 0.2) is 5.69 Å². The number of rotatable bonds is 4. The van der Waals surface area contributed by atoms with Crippen molar-refractivity contribution >= 4 is 5.91 Å². The first-order valence-electron chi connectivity index (χ1n) is 6.90. The van der Waals surface area contributed by atoms with Crippen LogP contribution in [0.3, 0.4) is 0 Å². The Kier molecular flexibility index (Phi) is 3.78. The van der Waals surface area contributed by atoms with Gasteiger partial charge in [0.2, 0.25) is 0 Å². The fraction of sp³-hybridized carbons (Fsp3) is 0.333. The van der Waals surface area contributed by atoms with Gasteiger partial charge in [-0.15, -0.1) is 0 Å². The Morgan fingerprint density at radius 2 is 1.95 bits per heavy atom. The van der Waals surface area contributed by atoms with Gasteiger partial charge < -0.3 is 0 Å². The Morgan fingerprint density at radius 3 is 2.70 bits per heavy atom. The van der Waals surface area contributed by atoms with Gasteiger partial charge in [0.05, 0.1) is 11.8 Å². The van der Waals surface area contributed by atoms with Crippen LogP contribution in [0.2, 0.25) is 0 Å². The topological polar surface area (TPSA) is 56.1 Å². The minimum absolute atomic E-state index is 0.148. The lowest BCUT2D eigenvalue weighted by molar-refractivity contribution is -0.0127. The zero-order chi connectivity index (χ0) is 13.8. The fourth-order valence-corrected chi connectivity index (χ4v) is 2.36. The second kappa shape index (κ2) is 5.88. The first-order valence-corrected chi connectivity index (χ1v) is 6.90. The Labute approximate surface area is 117 Å². The molecule has 1 aromatic heterocycles. The maximum Gasteiger partial charge on any atom is 0.295 e. The van der Waals surface area contributed by atoms with Crippen LogP contribution in [0.1, 0.15) is 36.2 Å². The number of aromatic nitrogens is 2. The van der Waals surface area contributed by atoms with E-state index in [9.17, 15) is 4.79 Å². The van der Waals surface area contributed by atoms with E-state index in [0.29, 0.717) is 5.69 Å². The first-order chi connectivity index (χ1) is 9.83. The molecule has 1 heterocycles. The SMILES string of the molecule is O=C(NOC1CCCC1)c1ccn(-c2ccccc2)n1. The molecule has 1 aromatic carbocycles. The highest BCUT2D eigenvalue weighted by atomic mass is 16.7. The molecule has 1 aliphatic rings. The summed E-state index contributed by atoms with van der Waals surface area (Å²) in [5, 5.41) is 4.25. The van der Waals surface area contributed by atoms with Crippen LogP contribution in [0.4, 0.5) is 0 Å². The van der Waals surface area contributed by atoms with Crippen LogP contribution in [-0.2, 0) is 4.84 Å². The Morgan fingerprint density at radius 1 is 1.20 bits per heavy atom. The highest BCUT2D eigenvalue weighted by Gasteiger charge is 2.18. The summed E-state index contributed by atoms with van der Waals surface area (Å²) >= 11 is 0. The number of benzene rings is 1. The van der Waals surface area contributed by atoms with E-state index >= 15 is 0 Å². The summed E-state index contributed by atoms with van der Waals surface area (Å²) in [4.78, 5) is 17.3. The zero-order valence-corrected chi connectivity index (χ0v) is 11.2. The van der Waals surface area contributed by atoms with E-state index in [2.05, 4.69) is 10.6 Å². The fourth-order valence-electron chi connectivity index (χ4n) is 2.36. The number of carbonyl (C=O) groups excluding carboxylic acids is 1. The Balaban J connectivity index is 1.62. The molecule has 5 heteroatoms. The van der Waals surface area contributed by atoms with Crippen molar-refractivity contribution in [2.45, 2.75) is 31.8 Å². The van der Waals surface area contributed by atoms with Crippen LogP contribution in [0.5, 0.6) is 0 Å². The predicted molar refractivity (Wildman–Crippen MR) is 74.4 cm³/mol. The van der Waals surface area contributed by atoms with E-state index < -0.39 is 0 Å². The van der Waals surface area contributed by atoms with Gasteiger partial charge in [-0.1, -0.05) is 31.0 Å². The third kappa shape index (κ3) is 2.88. The summed E-state index contributed by atoms with van der Waals surface area (Å²) in [7, 11) is 0. The van der Waals surface area contributed by atoms with Crippen molar-refractivity contribution in [1.29, 1.82) is 0 Å². The third-order valence-corrected chi connectivity index (χ3v) is 3.46. The summed E-state index contributed by atoms with van der Waals surface area (Å²) in [5.74, 6) is -0.299. The highest BCUT2D eigenvalue weighted by Crippen LogP contribution is 2.19. The van der Waals surface area contributed by atoms with E-state index in [4.69, 9.17) is 4.84 Å². The second-order valence-corrected chi connectivity index (χ2v) is 4.94. The van der Waals surface area contributed by atoms with Gasteiger partial charge >= 0.3 is 0 Å². The van der Waals surface area contributed by atoms with Gasteiger partial charge in [0, 0.05) is 6.20 Å². The summed E-state index contributed by atoms with van der Waals surface area (Å²) in [6.07, 6.45) is 6.28. The molecular weight excluding hydrogens is 254 g/mol. The molecule has 0 unspecified atom stereocenters. The number of carbonyl (C=O) groups is 1. The molecule has 1 fully saturated rings. The number of nitrogens with one attached hydrogen (secondary N) is 1. The van der Waals surface area contributed by atoms with E-state index in [1.54, 1.807) is 16.9 Å². The summed E-state index contributed by atoms with van der Waals surface area (Å²) in [6, 6.07) is 11.4. The molecule has 1 aliphatic carbocycles. The summed E-state index contributed by atoms with van der Waals surface area (Å²) in [6.45, 7) is 0. The molecule has 0 radical (unpaired) electrons. The number of hydroxylamine groups is 1. The van der Waals surface area contributed by atoms with Crippen LogP contribution in [0.15, 0.2) is 42.6 Å². The van der Waals surface area contributed by atoms with Crippen LogP contribution in [0, 0.1) is 0 Å². The van der Waals surface area contributed by atoms with Gasteiger partial charge in [0.1, 0.15) is 0 Å². The van der Waals surface area contributed by atoms with Gasteiger partial charge in [-0.2, -0.15) is 5.10 Å². The maximum atomic E-state index is 11.9. The van der Waals surface area contributed by atoms with E-state index in [0.717, 1.165) is 18.5 Å². The molecule has 0 atom stereocenters. The van der Waals surface area contributed by atoms with Crippen molar-refractivity contribution in [1.82, 2.24) is 15.3 Å². The van der Waals surface area contributed by atoms with Crippen molar-refractivity contribution in [2.75, 3.05) is 0 Å². The van der Waals surface area contributed by atoms with E-state index in [1.807, 2.05) is 30.3 Å². The summed E-state index contributed by atoms with van der Waals surface area (Å²) in [5.41, 5.74) is 3.76. The van der Waals surface area contributed by atoms with Gasteiger partial charge in [0.25, 0.3) is 5.91 Å². The van der Waals surface area contributed by atoms with E-state index in [-0.39, 0.29) is 12.0 Å². The molecule has 0 saturated heterocycles. The van der Waals surface area contributed by atoms with Crippen LogP contribution >= 0.6 is 0 Å². The summed E-state index contributed by atoms with van der Waals surface area (Å²) < 4.78 is 1.67. The normalized spacial score (nSPS) is 15.4. The smallest absolute Gasteiger partial charge is 0.270 e. The average molecular weight is 271 g/mol. The number of amides is 1. The van der Waals surface area contributed by atoms with E-state index in [1.165, 1.54) is 12.8 Å². The van der Waals surface area contributed by atoms with Crippen molar-refractivity contribution < 1.29 is 9.63 Å². The molecular formula is C15H17N3O2. The monoisotopic (exact) mass is 271 g/mol. The van der Waals surface area contributed by atoms with Crippen LogP contribution < -0.4 is 5.48 Å². The minimum atomic E-state index is -0.299. The van der Waals surface area contributed by atoms with Crippen molar-refractivity contribution in [2.24, 2.45) is 0 Å². The largest absolute Gasteiger partial charge is 0.295 e.